The number of amides is 1. The average Bonchev–Trinajstić information content (AvgIpc) is 2.69. The fourth-order valence-electron chi connectivity index (χ4n) is 2.91. The molecular formula is C22H21NO2. The summed E-state index contributed by atoms with van der Waals surface area (Å²) in [4.78, 5) is 13.1. The van der Waals surface area contributed by atoms with E-state index in [1.807, 2.05) is 73.7 Å². The molecule has 1 atom stereocenters. The Bertz CT molecular complexity index is 777. The van der Waals surface area contributed by atoms with E-state index in [1.165, 1.54) is 0 Å². The van der Waals surface area contributed by atoms with Crippen molar-refractivity contribution in [2.24, 2.45) is 0 Å². The third-order valence-electron chi connectivity index (χ3n) is 4.36. The highest BCUT2D eigenvalue weighted by Crippen LogP contribution is 2.30. The van der Waals surface area contributed by atoms with Crippen LogP contribution >= 0.6 is 0 Å². The first-order valence-corrected chi connectivity index (χ1v) is 8.31. The molecule has 3 nitrogen and oxygen atoms in total. The lowest BCUT2D eigenvalue weighted by molar-refractivity contribution is -0.137. The van der Waals surface area contributed by atoms with Crippen LogP contribution in [0.15, 0.2) is 91.0 Å². The standard InChI is InChI=1S/C22H21NO2/c1-17(18-11-5-2-6-12-18)23-21(24)22(25,19-13-7-3-8-14-19)20-15-9-4-10-16-20/h2-17,25H,1H3,(H,23,24). The number of carbonyl (C=O) groups excluding carboxylic acids is 1. The molecule has 0 fully saturated rings. The highest BCUT2D eigenvalue weighted by molar-refractivity contribution is 5.90. The van der Waals surface area contributed by atoms with Crippen LogP contribution in [0.25, 0.3) is 0 Å². The third-order valence-corrected chi connectivity index (χ3v) is 4.36. The number of hydrogen-bond acceptors (Lipinski definition) is 2. The van der Waals surface area contributed by atoms with Crippen LogP contribution in [0.2, 0.25) is 0 Å². The lowest BCUT2D eigenvalue weighted by Crippen LogP contribution is -2.46. The molecule has 3 aromatic rings. The van der Waals surface area contributed by atoms with Crippen LogP contribution in [0.1, 0.15) is 29.7 Å². The Kier molecular flexibility index (Phi) is 4.96. The predicted molar refractivity (Wildman–Crippen MR) is 98.9 cm³/mol. The molecule has 3 aromatic carbocycles. The summed E-state index contributed by atoms with van der Waals surface area (Å²) in [5.41, 5.74) is 0.322. The number of aliphatic hydroxyl groups is 1. The van der Waals surface area contributed by atoms with Crippen LogP contribution in [0.3, 0.4) is 0 Å². The molecule has 0 aliphatic carbocycles. The molecule has 0 aromatic heterocycles. The predicted octanol–water partition coefficient (Wildman–Crippen LogP) is 3.80. The Hall–Kier alpha value is -2.91. The summed E-state index contributed by atoms with van der Waals surface area (Å²) in [6.07, 6.45) is 0. The van der Waals surface area contributed by atoms with Gasteiger partial charge in [-0.3, -0.25) is 4.79 Å². The maximum atomic E-state index is 13.1. The van der Waals surface area contributed by atoms with Crippen molar-refractivity contribution in [1.82, 2.24) is 5.32 Å². The van der Waals surface area contributed by atoms with E-state index < -0.39 is 11.5 Å². The summed E-state index contributed by atoms with van der Waals surface area (Å²) in [6, 6.07) is 27.5. The topological polar surface area (TPSA) is 49.3 Å². The van der Waals surface area contributed by atoms with Gasteiger partial charge in [0.25, 0.3) is 5.91 Å². The average molecular weight is 331 g/mol. The maximum Gasteiger partial charge on any atom is 0.261 e. The molecule has 0 saturated carbocycles. The van der Waals surface area contributed by atoms with Gasteiger partial charge in [0.2, 0.25) is 0 Å². The summed E-state index contributed by atoms with van der Waals surface area (Å²) in [5, 5.41) is 14.4. The Morgan fingerprint density at radius 1 is 0.800 bits per heavy atom. The van der Waals surface area contributed by atoms with Gasteiger partial charge in [0, 0.05) is 0 Å². The molecule has 3 rings (SSSR count). The molecule has 126 valence electrons. The van der Waals surface area contributed by atoms with Gasteiger partial charge in [-0.25, -0.2) is 0 Å². The molecule has 0 heterocycles. The summed E-state index contributed by atoms with van der Waals surface area (Å²) in [6.45, 7) is 1.91. The van der Waals surface area contributed by atoms with Crippen molar-refractivity contribution in [1.29, 1.82) is 0 Å². The van der Waals surface area contributed by atoms with E-state index in [9.17, 15) is 9.90 Å². The van der Waals surface area contributed by atoms with Crippen molar-refractivity contribution in [3.05, 3.63) is 108 Å². The van der Waals surface area contributed by atoms with Crippen molar-refractivity contribution in [2.45, 2.75) is 18.6 Å². The van der Waals surface area contributed by atoms with Gasteiger partial charge < -0.3 is 10.4 Å². The maximum absolute atomic E-state index is 13.1. The molecule has 0 spiro atoms. The first-order valence-electron chi connectivity index (χ1n) is 8.31. The first kappa shape index (κ1) is 16.9. The molecule has 0 radical (unpaired) electrons. The zero-order chi connectivity index (χ0) is 17.7. The van der Waals surface area contributed by atoms with Crippen LogP contribution in [-0.4, -0.2) is 11.0 Å². The fourth-order valence-corrected chi connectivity index (χ4v) is 2.91. The van der Waals surface area contributed by atoms with Crippen LogP contribution < -0.4 is 5.32 Å². The second-order valence-electron chi connectivity index (χ2n) is 6.05. The summed E-state index contributed by atoms with van der Waals surface area (Å²) < 4.78 is 0. The SMILES string of the molecule is CC(NC(=O)C(O)(c1ccccc1)c1ccccc1)c1ccccc1. The number of rotatable bonds is 5. The molecule has 0 bridgehead atoms. The van der Waals surface area contributed by atoms with Crippen molar-refractivity contribution in [3.63, 3.8) is 0 Å². The van der Waals surface area contributed by atoms with E-state index in [2.05, 4.69) is 5.32 Å². The molecular weight excluding hydrogens is 310 g/mol. The van der Waals surface area contributed by atoms with Crippen LogP contribution in [0.5, 0.6) is 0 Å². The van der Waals surface area contributed by atoms with Crippen LogP contribution in [0, 0.1) is 0 Å². The molecule has 2 N–H and O–H groups in total. The van der Waals surface area contributed by atoms with Crippen molar-refractivity contribution in [3.8, 4) is 0 Å². The number of nitrogens with one attached hydrogen (secondary N) is 1. The minimum atomic E-state index is -1.74. The van der Waals surface area contributed by atoms with Gasteiger partial charge >= 0.3 is 0 Å². The largest absolute Gasteiger partial charge is 0.372 e. The fraction of sp³-hybridized carbons (Fsp3) is 0.136. The molecule has 3 heteroatoms. The van der Waals surface area contributed by atoms with E-state index in [-0.39, 0.29) is 6.04 Å². The summed E-state index contributed by atoms with van der Waals surface area (Å²) in [7, 11) is 0. The summed E-state index contributed by atoms with van der Waals surface area (Å²) in [5.74, 6) is -0.443. The molecule has 1 unspecified atom stereocenters. The normalized spacial score (nSPS) is 12.4. The smallest absolute Gasteiger partial charge is 0.261 e. The Labute approximate surface area is 148 Å². The lowest BCUT2D eigenvalue weighted by Gasteiger charge is -2.29. The monoisotopic (exact) mass is 331 g/mol. The minimum Gasteiger partial charge on any atom is -0.372 e. The van der Waals surface area contributed by atoms with Crippen LogP contribution in [-0.2, 0) is 10.4 Å². The molecule has 0 aliphatic rings. The Morgan fingerprint density at radius 3 is 1.64 bits per heavy atom. The van der Waals surface area contributed by atoms with Gasteiger partial charge in [-0.1, -0.05) is 91.0 Å². The van der Waals surface area contributed by atoms with Gasteiger partial charge in [0.15, 0.2) is 5.60 Å². The number of carbonyl (C=O) groups is 1. The second kappa shape index (κ2) is 7.32. The highest BCUT2D eigenvalue weighted by atomic mass is 16.3. The number of hydrogen-bond donors (Lipinski definition) is 2. The molecule has 0 saturated heterocycles. The molecule has 1 amide bonds. The van der Waals surface area contributed by atoms with Gasteiger partial charge in [-0.2, -0.15) is 0 Å². The molecule has 0 aliphatic heterocycles. The van der Waals surface area contributed by atoms with E-state index in [4.69, 9.17) is 0 Å². The second-order valence-corrected chi connectivity index (χ2v) is 6.05. The van der Waals surface area contributed by atoms with Crippen molar-refractivity contribution < 1.29 is 9.90 Å². The van der Waals surface area contributed by atoms with E-state index in [0.717, 1.165) is 5.56 Å². The van der Waals surface area contributed by atoms with Crippen LogP contribution in [0.4, 0.5) is 0 Å². The third kappa shape index (κ3) is 3.47. The minimum absolute atomic E-state index is 0.215. The van der Waals surface area contributed by atoms with Crippen molar-refractivity contribution >= 4 is 5.91 Å². The quantitative estimate of drug-likeness (QED) is 0.747. The van der Waals surface area contributed by atoms with Gasteiger partial charge in [-0.15, -0.1) is 0 Å². The number of benzene rings is 3. The highest BCUT2D eigenvalue weighted by Gasteiger charge is 2.40. The molecule has 25 heavy (non-hydrogen) atoms. The van der Waals surface area contributed by atoms with Gasteiger partial charge in [0.1, 0.15) is 0 Å². The van der Waals surface area contributed by atoms with Gasteiger partial charge in [-0.05, 0) is 23.6 Å². The van der Waals surface area contributed by atoms with E-state index in [1.54, 1.807) is 24.3 Å². The Balaban J connectivity index is 1.96. The van der Waals surface area contributed by atoms with E-state index in [0.29, 0.717) is 11.1 Å². The Morgan fingerprint density at radius 2 is 1.20 bits per heavy atom. The summed E-state index contributed by atoms with van der Waals surface area (Å²) >= 11 is 0. The zero-order valence-corrected chi connectivity index (χ0v) is 14.1. The van der Waals surface area contributed by atoms with Crippen molar-refractivity contribution in [2.75, 3.05) is 0 Å². The zero-order valence-electron chi connectivity index (χ0n) is 14.1. The first-order chi connectivity index (χ1) is 12.1. The van der Waals surface area contributed by atoms with E-state index >= 15 is 0 Å². The lowest BCUT2D eigenvalue weighted by atomic mass is 9.85. The van der Waals surface area contributed by atoms with Gasteiger partial charge in [0.05, 0.1) is 6.04 Å².